The number of pyridine rings is 1. The van der Waals surface area contributed by atoms with E-state index >= 15 is 0 Å². The van der Waals surface area contributed by atoms with Crippen LogP contribution in [0.1, 0.15) is 69.9 Å². The van der Waals surface area contributed by atoms with Gasteiger partial charge in [-0.3, -0.25) is 4.79 Å². The molecule has 0 unspecified atom stereocenters. The molecule has 2 N–H and O–H groups in total. The van der Waals surface area contributed by atoms with Crippen molar-refractivity contribution in [2.45, 2.75) is 71.1 Å². The van der Waals surface area contributed by atoms with Gasteiger partial charge >= 0.3 is 6.09 Å². The number of aromatic nitrogens is 1. The van der Waals surface area contributed by atoms with Crippen LogP contribution >= 0.6 is 0 Å². The van der Waals surface area contributed by atoms with Crippen LogP contribution in [0.3, 0.4) is 0 Å². The lowest BCUT2D eigenvalue weighted by Gasteiger charge is -2.30. The first-order valence-corrected chi connectivity index (χ1v) is 12.7. The average molecular weight is 526 g/mol. The topological polar surface area (TPSA) is 107 Å². The zero-order valence-corrected chi connectivity index (χ0v) is 22.3. The van der Waals surface area contributed by atoms with Crippen molar-refractivity contribution in [3.8, 4) is 17.2 Å². The summed E-state index contributed by atoms with van der Waals surface area (Å²) in [5.74, 6) is -1.61. The maximum Gasteiger partial charge on any atom is 0.408 e. The molecule has 8 nitrogen and oxygen atoms in total. The predicted octanol–water partition coefficient (Wildman–Crippen LogP) is 4.92. The zero-order valence-electron chi connectivity index (χ0n) is 22.3. The Bertz CT molecular complexity index is 1280. The minimum atomic E-state index is -0.815. The summed E-state index contributed by atoms with van der Waals surface area (Å²) in [6, 6.07) is 4.93. The second-order valence-electron chi connectivity index (χ2n) is 11.5. The van der Waals surface area contributed by atoms with Crippen LogP contribution in [0.25, 0.3) is 11.1 Å². The molecule has 2 heterocycles. The number of nitrogens with one attached hydrogen (secondary N) is 2. The van der Waals surface area contributed by atoms with Crippen LogP contribution in [0, 0.1) is 28.9 Å². The van der Waals surface area contributed by atoms with Crippen LogP contribution in [0.4, 0.5) is 19.3 Å². The molecule has 2 aromatic rings. The molecule has 1 saturated carbocycles. The van der Waals surface area contributed by atoms with E-state index in [4.69, 9.17) is 4.74 Å². The number of amides is 2. The molecule has 1 aliphatic heterocycles. The number of hydrogen-bond donors (Lipinski definition) is 2. The van der Waals surface area contributed by atoms with Crippen molar-refractivity contribution in [1.29, 1.82) is 5.26 Å². The minimum absolute atomic E-state index is 0.0567. The molecule has 2 atom stereocenters. The quantitative estimate of drug-likeness (QED) is 0.554. The highest BCUT2D eigenvalue weighted by molar-refractivity contribution is 6.04. The van der Waals surface area contributed by atoms with Crippen molar-refractivity contribution in [1.82, 2.24) is 15.6 Å². The minimum Gasteiger partial charge on any atom is -0.444 e. The molecular formula is C28H33F2N5O3. The summed E-state index contributed by atoms with van der Waals surface area (Å²) in [5, 5.41) is 15.8. The predicted molar refractivity (Wildman–Crippen MR) is 139 cm³/mol. The third-order valence-corrected chi connectivity index (χ3v) is 6.83. The third kappa shape index (κ3) is 6.21. The van der Waals surface area contributed by atoms with E-state index in [1.54, 1.807) is 20.8 Å². The number of benzene rings is 1. The molecule has 0 bridgehead atoms. The molecule has 4 rings (SSSR count). The van der Waals surface area contributed by atoms with E-state index in [0.29, 0.717) is 24.6 Å². The normalized spacial score (nSPS) is 20.0. The summed E-state index contributed by atoms with van der Waals surface area (Å²) in [7, 11) is 0. The summed E-state index contributed by atoms with van der Waals surface area (Å²) < 4.78 is 34.0. The van der Waals surface area contributed by atoms with Crippen LogP contribution in [0.2, 0.25) is 0 Å². The van der Waals surface area contributed by atoms with E-state index < -0.39 is 28.9 Å². The Morgan fingerprint density at radius 3 is 2.47 bits per heavy atom. The van der Waals surface area contributed by atoms with Gasteiger partial charge in [0.1, 0.15) is 29.0 Å². The van der Waals surface area contributed by atoms with Crippen molar-refractivity contribution >= 4 is 17.7 Å². The molecule has 0 radical (unpaired) electrons. The number of nitriles is 1. The molecule has 1 aliphatic carbocycles. The van der Waals surface area contributed by atoms with E-state index in [1.807, 2.05) is 24.8 Å². The van der Waals surface area contributed by atoms with E-state index in [9.17, 15) is 23.6 Å². The van der Waals surface area contributed by atoms with Gasteiger partial charge in [0, 0.05) is 37.0 Å². The summed E-state index contributed by atoms with van der Waals surface area (Å²) in [6.07, 6.45) is 3.34. The van der Waals surface area contributed by atoms with Crippen LogP contribution in [-0.4, -0.2) is 47.3 Å². The van der Waals surface area contributed by atoms with Crippen molar-refractivity contribution in [3.05, 3.63) is 47.3 Å². The molecule has 1 saturated heterocycles. The molecule has 202 valence electrons. The van der Waals surface area contributed by atoms with Crippen molar-refractivity contribution in [3.63, 3.8) is 0 Å². The Hall–Kier alpha value is -3.74. The Morgan fingerprint density at radius 2 is 1.89 bits per heavy atom. The molecule has 1 aromatic heterocycles. The fraction of sp³-hybridized carbons (Fsp3) is 0.500. The Labute approximate surface area is 221 Å². The molecule has 0 spiro atoms. The Balaban J connectivity index is 1.78. The molecular weight excluding hydrogens is 492 g/mol. The molecule has 2 amide bonds. The smallest absolute Gasteiger partial charge is 0.408 e. The fourth-order valence-electron chi connectivity index (χ4n) is 4.86. The van der Waals surface area contributed by atoms with Gasteiger partial charge < -0.3 is 20.3 Å². The highest BCUT2D eigenvalue weighted by atomic mass is 19.1. The zero-order chi connectivity index (χ0) is 27.8. The first-order chi connectivity index (χ1) is 17.8. The lowest BCUT2D eigenvalue weighted by atomic mass is 9.97. The van der Waals surface area contributed by atoms with E-state index in [1.165, 1.54) is 6.20 Å². The van der Waals surface area contributed by atoms with Crippen molar-refractivity contribution in [2.24, 2.45) is 5.92 Å². The van der Waals surface area contributed by atoms with Crippen LogP contribution in [0.15, 0.2) is 24.4 Å². The van der Waals surface area contributed by atoms with Gasteiger partial charge in [0.25, 0.3) is 5.91 Å². The molecule has 38 heavy (non-hydrogen) atoms. The van der Waals surface area contributed by atoms with E-state index in [-0.39, 0.29) is 40.9 Å². The van der Waals surface area contributed by atoms with E-state index in [0.717, 1.165) is 31.0 Å². The highest BCUT2D eigenvalue weighted by Gasteiger charge is 2.39. The van der Waals surface area contributed by atoms with Gasteiger partial charge in [0.05, 0.1) is 16.8 Å². The largest absolute Gasteiger partial charge is 0.444 e. The summed E-state index contributed by atoms with van der Waals surface area (Å²) in [5.41, 5.74) is -0.666. The SMILES string of the molecule is C[C@H](NC(=O)c1cnc(C#N)c(-c2cc(F)cc(F)c2)c1N1CC[C@](C)(NC(=O)OC(C)(C)C)C1)C1CC1. The number of nitrogens with zero attached hydrogens (tertiary/aromatic N) is 3. The maximum atomic E-state index is 14.3. The van der Waals surface area contributed by atoms with Gasteiger partial charge in [-0.1, -0.05) is 0 Å². The van der Waals surface area contributed by atoms with Gasteiger partial charge in [-0.25, -0.2) is 18.6 Å². The first-order valence-electron chi connectivity index (χ1n) is 12.7. The average Bonchev–Trinajstić information content (AvgIpc) is 3.58. The monoisotopic (exact) mass is 525 g/mol. The number of carbonyl (C=O) groups is 2. The number of rotatable bonds is 6. The van der Waals surface area contributed by atoms with Gasteiger partial charge in [0.2, 0.25) is 0 Å². The lowest BCUT2D eigenvalue weighted by Crippen LogP contribution is -2.49. The molecule has 2 fully saturated rings. The second kappa shape index (κ2) is 10.2. The number of halogens is 2. The van der Waals surface area contributed by atoms with E-state index in [2.05, 4.69) is 15.6 Å². The van der Waals surface area contributed by atoms with Crippen LogP contribution in [-0.2, 0) is 4.74 Å². The van der Waals surface area contributed by atoms with Crippen LogP contribution < -0.4 is 15.5 Å². The summed E-state index contributed by atoms with van der Waals surface area (Å²) in [6.45, 7) is 9.79. The number of carbonyl (C=O) groups excluding carboxylic acids is 2. The summed E-state index contributed by atoms with van der Waals surface area (Å²) >= 11 is 0. The molecule has 10 heteroatoms. The van der Waals surface area contributed by atoms with Gasteiger partial charge in [-0.05, 0) is 77.5 Å². The number of anilines is 1. The van der Waals surface area contributed by atoms with Gasteiger partial charge in [-0.15, -0.1) is 0 Å². The highest BCUT2D eigenvalue weighted by Crippen LogP contribution is 2.40. The third-order valence-electron chi connectivity index (χ3n) is 6.83. The standard InChI is InChI=1S/C28H33F2N5O3/c1-16(17-6-7-17)33-25(36)21-14-32-22(13-31)23(18-10-19(29)12-20(30)11-18)24(21)35-9-8-28(5,15-35)34-26(37)38-27(2,3)4/h10-12,14,16-17H,6-9,15H2,1-5H3,(H,33,36)(H,34,37)/t16-,28-/m0/s1. The number of alkyl carbamates (subject to hydrolysis) is 1. The van der Waals surface area contributed by atoms with Crippen molar-refractivity contribution < 1.29 is 23.1 Å². The van der Waals surface area contributed by atoms with Crippen molar-refractivity contribution in [2.75, 3.05) is 18.0 Å². The summed E-state index contributed by atoms with van der Waals surface area (Å²) in [4.78, 5) is 32.1. The van der Waals surface area contributed by atoms with Gasteiger partial charge in [-0.2, -0.15) is 5.26 Å². The molecule has 1 aromatic carbocycles. The van der Waals surface area contributed by atoms with Gasteiger partial charge in [0.15, 0.2) is 0 Å². The maximum absolute atomic E-state index is 14.3. The fourth-order valence-corrected chi connectivity index (χ4v) is 4.86. The lowest BCUT2D eigenvalue weighted by molar-refractivity contribution is 0.0473. The molecule has 2 aliphatic rings. The first kappa shape index (κ1) is 27.3. The Kier molecular flexibility index (Phi) is 7.33. The second-order valence-corrected chi connectivity index (χ2v) is 11.5. The Morgan fingerprint density at radius 1 is 1.24 bits per heavy atom. The number of hydrogen-bond acceptors (Lipinski definition) is 6. The van der Waals surface area contributed by atoms with Crippen LogP contribution in [0.5, 0.6) is 0 Å². The number of ether oxygens (including phenoxy) is 1.